The molecule has 0 fully saturated rings. The number of ether oxygens (including phenoxy) is 1. The third-order valence-electron chi connectivity index (χ3n) is 3.01. The number of hydrogen-bond acceptors (Lipinski definition) is 3. The highest BCUT2D eigenvalue weighted by molar-refractivity contribution is 5.48. The van der Waals surface area contributed by atoms with Gasteiger partial charge in [0, 0.05) is 12.2 Å². The summed E-state index contributed by atoms with van der Waals surface area (Å²) in [4.78, 5) is 0. The molecule has 0 aromatic heterocycles. The smallest absolute Gasteiger partial charge is 0.143 e. The van der Waals surface area contributed by atoms with E-state index >= 15 is 0 Å². The molecule has 0 aliphatic rings. The molecule has 20 heavy (non-hydrogen) atoms. The Morgan fingerprint density at radius 1 is 1.25 bits per heavy atom. The molecule has 102 valence electrons. The van der Waals surface area contributed by atoms with Crippen molar-refractivity contribution in [3.63, 3.8) is 0 Å². The Balaban J connectivity index is 1.96. The van der Waals surface area contributed by atoms with E-state index in [0.29, 0.717) is 12.2 Å². The molecule has 0 atom stereocenters. The number of rotatable bonds is 5. The van der Waals surface area contributed by atoms with Crippen molar-refractivity contribution in [2.75, 3.05) is 19.0 Å². The van der Waals surface area contributed by atoms with Crippen molar-refractivity contribution in [2.24, 2.45) is 0 Å². The van der Waals surface area contributed by atoms with Gasteiger partial charge in [-0.3, -0.25) is 0 Å². The molecule has 0 aliphatic carbocycles. The Morgan fingerprint density at radius 2 is 2.05 bits per heavy atom. The van der Waals surface area contributed by atoms with Gasteiger partial charge in [0.2, 0.25) is 0 Å². The third kappa shape index (κ3) is 3.27. The lowest BCUT2D eigenvalue weighted by Crippen LogP contribution is -2.06. The Labute approximate surface area is 117 Å². The average Bonchev–Trinajstić information content (AvgIpc) is 2.48. The summed E-state index contributed by atoms with van der Waals surface area (Å²) in [6.07, 6.45) is 0.769. The van der Waals surface area contributed by atoms with E-state index in [4.69, 9.17) is 10.00 Å². The highest BCUT2D eigenvalue weighted by Crippen LogP contribution is 2.18. The third-order valence-corrected chi connectivity index (χ3v) is 3.01. The zero-order valence-electron chi connectivity index (χ0n) is 11.2. The van der Waals surface area contributed by atoms with Gasteiger partial charge in [-0.25, -0.2) is 4.39 Å². The predicted octanol–water partition coefficient (Wildman–Crippen LogP) is 3.36. The topological polar surface area (TPSA) is 45.0 Å². The summed E-state index contributed by atoms with van der Waals surface area (Å²) in [6, 6.07) is 14.1. The molecule has 2 aromatic carbocycles. The number of nitrogens with zero attached hydrogens (tertiary/aromatic N) is 1. The zero-order valence-corrected chi connectivity index (χ0v) is 11.2. The summed E-state index contributed by atoms with van der Waals surface area (Å²) in [5, 5.41) is 11.8. The maximum Gasteiger partial charge on any atom is 0.143 e. The van der Waals surface area contributed by atoms with Gasteiger partial charge in [0.15, 0.2) is 0 Å². The van der Waals surface area contributed by atoms with Crippen LogP contribution in [0.5, 0.6) is 5.75 Å². The average molecular weight is 270 g/mol. The minimum atomic E-state index is -0.505. The molecule has 0 spiro atoms. The van der Waals surface area contributed by atoms with E-state index in [0.717, 1.165) is 17.7 Å². The van der Waals surface area contributed by atoms with E-state index in [-0.39, 0.29) is 5.56 Å². The molecule has 2 rings (SSSR count). The summed E-state index contributed by atoms with van der Waals surface area (Å²) in [5.74, 6) is 0.343. The molecule has 0 saturated carbocycles. The highest BCUT2D eigenvalue weighted by Gasteiger charge is 2.04. The van der Waals surface area contributed by atoms with Crippen LogP contribution in [0.1, 0.15) is 11.1 Å². The van der Waals surface area contributed by atoms with Crippen LogP contribution in [0, 0.1) is 17.1 Å². The number of para-hydroxylation sites is 1. The van der Waals surface area contributed by atoms with E-state index in [1.54, 1.807) is 19.2 Å². The van der Waals surface area contributed by atoms with Gasteiger partial charge < -0.3 is 10.1 Å². The van der Waals surface area contributed by atoms with E-state index in [2.05, 4.69) is 5.32 Å². The lowest BCUT2D eigenvalue weighted by atomic mass is 10.1. The lowest BCUT2D eigenvalue weighted by molar-refractivity contribution is 0.410. The molecular formula is C16H15FN2O. The molecule has 0 bridgehead atoms. The van der Waals surface area contributed by atoms with E-state index in [1.807, 2.05) is 24.3 Å². The van der Waals surface area contributed by atoms with Crippen LogP contribution in [0.15, 0.2) is 42.5 Å². The highest BCUT2D eigenvalue weighted by atomic mass is 19.1. The van der Waals surface area contributed by atoms with Gasteiger partial charge in [-0.2, -0.15) is 5.26 Å². The first-order valence-corrected chi connectivity index (χ1v) is 6.30. The van der Waals surface area contributed by atoms with Gasteiger partial charge in [-0.1, -0.05) is 18.2 Å². The molecule has 1 N–H and O–H groups in total. The zero-order chi connectivity index (χ0) is 14.4. The molecule has 0 amide bonds. The summed E-state index contributed by atoms with van der Waals surface area (Å²) >= 11 is 0. The minimum Gasteiger partial charge on any atom is -0.496 e. The molecule has 0 aliphatic heterocycles. The predicted molar refractivity (Wildman–Crippen MR) is 76.3 cm³/mol. The van der Waals surface area contributed by atoms with Crippen molar-refractivity contribution in [1.29, 1.82) is 5.26 Å². The Kier molecular flexibility index (Phi) is 4.56. The number of nitrogens with one attached hydrogen (secondary N) is 1. The van der Waals surface area contributed by atoms with Crippen LogP contribution in [0.4, 0.5) is 10.1 Å². The van der Waals surface area contributed by atoms with Gasteiger partial charge in [0.05, 0.1) is 12.7 Å². The van der Waals surface area contributed by atoms with Gasteiger partial charge in [-0.05, 0) is 36.2 Å². The second-order valence-corrected chi connectivity index (χ2v) is 4.30. The van der Waals surface area contributed by atoms with Crippen LogP contribution >= 0.6 is 0 Å². The molecule has 0 radical (unpaired) electrons. The minimum absolute atomic E-state index is 0.0558. The van der Waals surface area contributed by atoms with Crippen molar-refractivity contribution in [2.45, 2.75) is 6.42 Å². The number of benzene rings is 2. The first kappa shape index (κ1) is 13.9. The van der Waals surface area contributed by atoms with Crippen molar-refractivity contribution in [3.8, 4) is 11.8 Å². The van der Waals surface area contributed by atoms with Crippen LogP contribution in [0.3, 0.4) is 0 Å². The molecular weight excluding hydrogens is 255 g/mol. The summed E-state index contributed by atoms with van der Waals surface area (Å²) in [5.41, 5.74) is 1.81. The fraction of sp³-hybridized carbons (Fsp3) is 0.188. The first-order chi connectivity index (χ1) is 9.74. The molecule has 0 heterocycles. The van der Waals surface area contributed by atoms with E-state index < -0.39 is 5.82 Å². The standard InChI is InChI=1S/C16H15FN2O/c1-20-16-5-3-2-4-12(16)8-9-19-14-7-6-13(11-18)15(17)10-14/h2-7,10,19H,8-9H2,1H3. The second kappa shape index (κ2) is 6.58. The summed E-state index contributed by atoms with van der Waals surface area (Å²) < 4.78 is 18.7. The normalized spacial score (nSPS) is 9.85. The monoisotopic (exact) mass is 270 g/mol. The van der Waals surface area contributed by atoms with Crippen molar-refractivity contribution < 1.29 is 9.13 Å². The van der Waals surface area contributed by atoms with Crippen molar-refractivity contribution >= 4 is 5.69 Å². The van der Waals surface area contributed by atoms with Gasteiger partial charge in [0.25, 0.3) is 0 Å². The SMILES string of the molecule is COc1ccccc1CCNc1ccc(C#N)c(F)c1. The largest absolute Gasteiger partial charge is 0.496 e. The first-order valence-electron chi connectivity index (χ1n) is 6.30. The number of hydrogen-bond donors (Lipinski definition) is 1. The van der Waals surface area contributed by atoms with Crippen LogP contribution in [0.25, 0.3) is 0 Å². The molecule has 0 saturated heterocycles. The number of halogens is 1. The van der Waals surface area contributed by atoms with Crippen molar-refractivity contribution in [3.05, 3.63) is 59.4 Å². The molecule has 4 heteroatoms. The van der Waals surface area contributed by atoms with Crippen LogP contribution in [0.2, 0.25) is 0 Å². The lowest BCUT2D eigenvalue weighted by Gasteiger charge is -2.10. The summed E-state index contributed by atoms with van der Waals surface area (Å²) in [7, 11) is 1.64. The Bertz CT molecular complexity index is 635. The van der Waals surface area contributed by atoms with Gasteiger partial charge in [0.1, 0.15) is 17.6 Å². The maximum absolute atomic E-state index is 13.4. The number of methoxy groups -OCH3 is 1. The van der Waals surface area contributed by atoms with Crippen LogP contribution < -0.4 is 10.1 Å². The van der Waals surface area contributed by atoms with Crippen molar-refractivity contribution in [1.82, 2.24) is 0 Å². The maximum atomic E-state index is 13.4. The van der Waals surface area contributed by atoms with Crippen LogP contribution in [-0.2, 0) is 6.42 Å². The van der Waals surface area contributed by atoms with Gasteiger partial charge in [-0.15, -0.1) is 0 Å². The summed E-state index contributed by atoms with van der Waals surface area (Å²) in [6.45, 7) is 0.658. The van der Waals surface area contributed by atoms with Gasteiger partial charge >= 0.3 is 0 Å². The number of nitriles is 1. The Hall–Kier alpha value is -2.54. The fourth-order valence-corrected chi connectivity index (χ4v) is 1.97. The van der Waals surface area contributed by atoms with Crippen LogP contribution in [-0.4, -0.2) is 13.7 Å². The fourth-order valence-electron chi connectivity index (χ4n) is 1.97. The Morgan fingerprint density at radius 3 is 2.75 bits per heavy atom. The molecule has 3 nitrogen and oxygen atoms in total. The molecule has 0 unspecified atom stereocenters. The number of anilines is 1. The van der Waals surface area contributed by atoms with E-state index in [1.165, 1.54) is 12.1 Å². The second-order valence-electron chi connectivity index (χ2n) is 4.30. The van der Waals surface area contributed by atoms with E-state index in [9.17, 15) is 4.39 Å². The molecule has 2 aromatic rings. The quantitative estimate of drug-likeness (QED) is 0.906.